The molecule has 2 aromatic heterocycles. The summed E-state index contributed by atoms with van der Waals surface area (Å²) in [6.07, 6.45) is 0. The summed E-state index contributed by atoms with van der Waals surface area (Å²) in [5.74, 6) is 1.97. The van der Waals surface area contributed by atoms with Gasteiger partial charge in [0.25, 0.3) is 0 Å². The quantitative estimate of drug-likeness (QED) is 0.124. The Bertz CT molecular complexity index is 3020. The second-order valence-electron chi connectivity index (χ2n) is 14.2. The minimum Gasteiger partial charge on any atom is -0.294 e. The Morgan fingerprint density at radius 3 is 1.91 bits per heavy atom. The van der Waals surface area contributed by atoms with Crippen molar-refractivity contribution in [1.82, 2.24) is 9.55 Å². The predicted molar refractivity (Wildman–Crippen MR) is 238 cm³/mol. The minimum absolute atomic E-state index is 0.856. The number of aromatic nitrogens is 2. The van der Waals surface area contributed by atoms with Gasteiger partial charge in [0.05, 0.1) is 22.5 Å². The van der Waals surface area contributed by atoms with E-state index in [1.807, 2.05) is 23.1 Å². The smallest absolute Gasteiger partial charge is 0.179 e. The molecule has 0 fully saturated rings. The molecule has 0 aliphatic carbocycles. The van der Waals surface area contributed by atoms with Gasteiger partial charge in [-0.3, -0.25) is 4.57 Å². The summed E-state index contributed by atoms with van der Waals surface area (Å²) in [5.41, 5.74) is 8.43. The van der Waals surface area contributed by atoms with Crippen molar-refractivity contribution in [2.75, 3.05) is 0 Å². The van der Waals surface area contributed by atoms with Gasteiger partial charge in [0.2, 0.25) is 0 Å². The van der Waals surface area contributed by atoms with Crippen LogP contribution in [0.25, 0.3) is 59.1 Å². The number of benzene rings is 8. The van der Waals surface area contributed by atoms with Crippen LogP contribution >= 0.6 is 23.1 Å². The van der Waals surface area contributed by atoms with Crippen molar-refractivity contribution in [2.24, 2.45) is 0 Å². The highest BCUT2D eigenvalue weighted by Gasteiger charge is 2.41. The topological polar surface area (TPSA) is 17.8 Å². The van der Waals surface area contributed by atoms with E-state index in [0.717, 1.165) is 17.1 Å². The number of rotatable bonds is 6. The number of thioether (sulfide) groups is 1. The van der Waals surface area contributed by atoms with Crippen LogP contribution in [-0.2, 0) is 5.75 Å². The molecule has 5 heteroatoms. The zero-order valence-corrected chi connectivity index (χ0v) is 32.5. The van der Waals surface area contributed by atoms with E-state index < -0.39 is 8.07 Å². The van der Waals surface area contributed by atoms with Gasteiger partial charge < -0.3 is 0 Å². The second-order valence-corrected chi connectivity index (χ2v) is 20.2. The third-order valence-corrected chi connectivity index (χ3v) is 18.2. The molecule has 11 rings (SSSR count). The Labute approximate surface area is 329 Å². The van der Waals surface area contributed by atoms with Gasteiger partial charge in [-0.25, -0.2) is 4.98 Å². The summed E-state index contributed by atoms with van der Waals surface area (Å²) in [4.78, 5) is 6.24. The lowest BCUT2D eigenvalue weighted by Crippen LogP contribution is -2.74. The summed E-state index contributed by atoms with van der Waals surface area (Å²) < 4.78 is 5.00. The Morgan fingerprint density at radius 2 is 1.11 bits per heavy atom. The molecule has 3 heterocycles. The van der Waals surface area contributed by atoms with Crippen molar-refractivity contribution in [3.63, 3.8) is 0 Å². The number of para-hydroxylation sites is 2. The molecule has 0 bridgehead atoms. The average Bonchev–Trinajstić information content (AvgIpc) is 3.84. The standard InChI is InChI=1S/C50H34N2S2Si/c1-3-16-37(17-4-1)55(38-18-5-2-6-19-38,40-21-12-15-36(31-40)41-23-13-27-47-50(41)42-22-7-10-26-46(42)54-47)39-20-11-14-34(30-39)35-28-29-45-48(32-35)53-33-49-51-43-24-8-9-25-44(43)52(45)49/h1-32H,33H2. The molecule has 0 amide bonds. The fraction of sp³-hybridized carbons (Fsp3) is 0.0200. The normalized spacial score (nSPS) is 12.6. The van der Waals surface area contributed by atoms with Crippen molar-refractivity contribution in [3.8, 4) is 27.9 Å². The Balaban J connectivity index is 1.11. The summed E-state index contributed by atoms with van der Waals surface area (Å²) in [7, 11) is -2.85. The lowest BCUT2D eigenvalue weighted by atomic mass is 10.00. The van der Waals surface area contributed by atoms with Crippen LogP contribution in [-0.4, -0.2) is 17.6 Å². The Hall–Kier alpha value is -5.98. The maximum absolute atomic E-state index is 4.96. The molecule has 0 saturated carbocycles. The number of nitrogens with zero attached hydrogens (tertiary/aromatic N) is 2. The third-order valence-electron chi connectivity index (χ3n) is 11.2. The summed E-state index contributed by atoms with van der Waals surface area (Å²) in [6.45, 7) is 0. The van der Waals surface area contributed by atoms with Crippen molar-refractivity contribution in [3.05, 3.63) is 200 Å². The Kier molecular flexibility index (Phi) is 7.73. The molecule has 10 aromatic rings. The highest BCUT2D eigenvalue weighted by molar-refractivity contribution is 7.98. The van der Waals surface area contributed by atoms with Gasteiger partial charge in [0.15, 0.2) is 8.07 Å². The van der Waals surface area contributed by atoms with Crippen LogP contribution < -0.4 is 20.7 Å². The van der Waals surface area contributed by atoms with E-state index in [9.17, 15) is 0 Å². The lowest BCUT2D eigenvalue weighted by Gasteiger charge is -2.35. The summed E-state index contributed by atoms with van der Waals surface area (Å²) in [5, 5.41) is 8.15. The fourth-order valence-corrected chi connectivity index (χ4v) is 15.8. The molecule has 0 unspecified atom stereocenters. The van der Waals surface area contributed by atoms with Gasteiger partial charge in [0, 0.05) is 25.1 Å². The van der Waals surface area contributed by atoms with Gasteiger partial charge in [-0.2, -0.15) is 0 Å². The number of fused-ring (bicyclic) bond motifs is 8. The predicted octanol–water partition coefficient (Wildman–Crippen LogP) is 10.7. The van der Waals surface area contributed by atoms with Crippen molar-refractivity contribution < 1.29 is 0 Å². The van der Waals surface area contributed by atoms with Crippen LogP contribution in [0.5, 0.6) is 0 Å². The van der Waals surface area contributed by atoms with Crippen LogP contribution in [0.4, 0.5) is 0 Å². The largest absolute Gasteiger partial charge is 0.294 e. The first-order valence-electron chi connectivity index (χ1n) is 18.7. The van der Waals surface area contributed by atoms with E-state index in [0.29, 0.717) is 0 Å². The molecule has 260 valence electrons. The molecule has 0 saturated heterocycles. The van der Waals surface area contributed by atoms with Crippen LogP contribution in [0.2, 0.25) is 0 Å². The van der Waals surface area contributed by atoms with E-state index >= 15 is 0 Å². The molecular weight excluding hydrogens is 721 g/mol. The van der Waals surface area contributed by atoms with Gasteiger partial charge in [-0.15, -0.1) is 23.1 Å². The zero-order valence-electron chi connectivity index (χ0n) is 29.9. The van der Waals surface area contributed by atoms with Crippen LogP contribution in [0, 0.1) is 0 Å². The average molecular weight is 755 g/mol. The summed E-state index contributed by atoms with van der Waals surface area (Å²) >= 11 is 3.76. The molecular formula is C50H34N2S2Si. The highest BCUT2D eigenvalue weighted by Crippen LogP contribution is 2.41. The molecule has 0 spiro atoms. The number of hydrogen-bond donors (Lipinski definition) is 0. The van der Waals surface area contributed by atoms with E-state index in [1.165, 1.54) is 79.3 Å². The van der Waals surface area contributed by atoms with Gasteiger partial charge in [-0.05, 0) is 79.4 Å². The fourth-order valence-electron chi connectivity index (χ4n) is 8.82. The number of imidazole rings is 1. The molecule has 8 aromatic carbocycles. The molecule has 0 radical (unpaired) electrons. The molecule has 2 nitrogen and oxygen atoms in total. The molecule has 1 aliphatic rings. The number of hydrogen-bond acceptors (Lipinski definition) is 3. The maximum atomic E-state index is 4.96. The first kappa shape index (κ1) is 32.4. The number of thiophene rings is 1. The lowest BCUT2D eigenvalue weighted by molar-refractivity contribution is 0.945. The monoisotopic (exact) mass is 754 g/mol. The van der Waals surface area contributed by atoms with Gasteiger partial charge >= 0.3 is 0 Å². The van der Waals surface area contributed by atoms with Gasteiger partial charge in [-0.1, -0.05) is 158 Å². The van der Waals surface area contributed by atoms with Crippen molar-refractivity contribution >= 4 is 83.1 Å². The van der Waals surface area contributed by atoms with E-state index in [1.54, 1.807) is 0 Å². The van der Waals surface area contributed by atoms with Crippen LogP contribution in [0.1, 0.15) is 5.82 Å². The van der Waals surface area contributed by atoms with Crippen LogP contribution in [0.3, 0.4) is 0 Å². The van der Waals surface area contributed by atoms with E-state index in [4.69, 9.17) is 4.98 Å². The molecule has 1 aliphatic heterocycles. The van der Waals surface area contributed by atoms with Crippen LogP contribution in [0.15, 0.2) is 199 Å². The van der Waals surface area contributed by atoms with Crippen molar-refractivity contribution in [1.29, 1.82) is 0 Å². The third kappa shape index (κ3) is 5.19. The van der Waals surface area contributed by atoms with Gasteiger partial charge in [0.1, 0.15) is 5.82 Å². The maximum Gasteiger partial charge on any atom is 0.179 e. The van der Waals surface area contributed by atoms with E-state index in [-0.39, 0.29) is 0 Å². The molecule has 55 heavy (non-hydrogen) atoms. The first-order valence-corrected chi connectivity index (χ1v) is 22.5. The minimum atomic E-state index is -2.85. The first-order chi connectivity index (χ1) is 27.3. The van der Waals surface area contributed by atoms with Crippen molar-refractivity contribution in [2.45, 2.75) is 10.6 Å². The zero-order chi connectivity index (χ0) is 36.3. The van der Waals surface area contributed by atoms with E-state index in [2.05, 4.69) is 199 Å². The highest BCUT2D eigenvalue weighted by atomic mass is 32.2. The Morgan fingerprint density at radius 1 is 0.491 bits per heavy atom. The molecule has 0 N–H and O–H groups in total. The SMILES string of the molecule is c1ccc([Si](c2ccccc2)(c2cccc(-c3ccc4c(c3)SCc3nc5ccccc5n3-4)c2)c2cccc(-c3cccc4sc5ccccc5c34)c2)cc1. The molecule has 0 atom stereocenters. The summed E-state index contributed by atoms with van der Waals surface area (Å²) in [6, 6.07) is 72.5. The second kappa shape index (κ2) is 13.1.